The van der Waals surface area contributed by atoms with Gasteiger partial charge in [0.05, 0.1) is 6.61 Å². The maximum atomic E-state index is 9.39. The number of fused-ring (bicyclic) bond motifs is 1. The Morgan fingerprint density at radius 2 is 2.19 bits per heavy atom. The first-order chi connectivity index (χ1) is 9.86. The number of rotatable bonds is 6. The van der Waals surface area contributed by atoms with Gasteiger partial charge in [-0.15, -0.1) is 0 Å². The largest absolute Gasteiger partial charge is 0.494 e. The summed E-state index contributed by atoms with van der Waals surface area (Å²) in [5.74, 6) is 1.81. The van der Waals surface area contributed by atoms with Crippen LogP contribution in [0.5, 0.6) is 11.5 Å². The fourth-order valence-electron chi connectivity index (χ4n) is 3.07. The Labute approximate surface area is 127 Å². The summed E-state index contributed by atoms with van der Waals surface area (Å²) in [4.78, 5) is 0. The van der Waals surface area contributed by atoms with E-state index in [-0.39, 0.29) is 18.6 Å². The van der Waals surface area contributed by atoms with E-state index in [1.54, 1.807) is 0 Å². The molecule has 4 nitrogen and oxygen atoms in total. The molecular weight excluding hydrogens is 266 g/mol. The Hall–Kier alpha value is -1.26. The SMILES string of the molecule is CCOc1cc2c(cc1C(CCO)C(C)(C)N)OC(C)C2. The Balaban J connectivity index is 2.47. The lowest BCUT2D eigenvalue weighted by molar-refractivity contribution is 0.243. The van der Waals surface area contributed by atoms with Crippen molar-refractivity contribution in [2.24, 2.45) is 5.73 Å². The van der Waals surface area contributed by atoms with Gasteiger partial charge < -0.3 is 20.3 Å². The number of nitrogens with two attached hydrogens (primary N) is 1. The first-order valence-corrected chi connectivity index (χ1v) is 7.72. The van der Waals surface area contributed by atoms with Crippen LogP contribution in [0.3, 0.4) is 0 Å². The molecule has 1 aromatic carbocycles. The predicted octanol–water partition coefficient (Wildman–Crippen LogP) is 2.61. The Morgan fingerprint density at radius 1 is 1.48 bits per heavy atom. The van der Waals surface area contributed by atoms with Gasteiger partial charge in [-0.2, -0.15) is 0 Å². The van der Waals surface area contributed by atoms with E-state index in [4.69, 9.17) is 15.2 Å². The second kappa shape index (κ2) is 6.24. The van der Waals surface area contributed by atoms with E-state index < -0.39 is 5.54 Å². The molecule has 1 heterocycles. The lowest BCUT2D eigenvalue weighted by atomic mass is 9.79. The summed E-state index contributed by atoms with van der Waals surface area (Å²) >= 11 is 0. The monoisotopic (exact) mass is 293 g/mol. The van der Waals surface area contributed by atoms with Crippen molar-refractivity contribution in [3.05, 3.63) is 23.3 Å². The minimum Gasteiger partial charge on any atom is -0.494 e. The second-order valence-electron chi connectivity index (χ2n) is 6.45. The van der Waals surface area contributed by atoms with Gasteiger partial charge >= 0.3 is 0 Å². The minimum atomic E-state index is -0.437. The fourth-order valence-corrected chi connectivity index (χ4v) is 3.07. The third-order valence-corrected chi connectivity index (χ3v) is 4.02. The zero-order valence-electron chi connectivity index (χ0n) is 13.5. The molecule has 0 aromatic heterocycles. The number of ether oxygens (including phenoxy) is 2. The van der Waals surface area contributed by atoms with Crippen LogP contribution in [0.2, 0.25) is 0 Å². The maximum Gasteiger partial charge on any atom is 0.123 e. The van der Waals surface area contributed by atoms with Gasteiger partial charge in [-0.1, -0.05) is 0 Å². The Bertz CT molecular complexity index is 494. The molecule has 1 aromatic rings. The summed E-state index contributed by atoms with van der Waals surface area (Å²) in [6, 6.07) is 4.13. The van der Waals surface area contributed by atoms with E-state index in [2.05, 4.69) is 19.1 Å². The quantitative estimate of drug-likeness (QED) is 0.846. The van der Waals surface area contributed by atoms with E-state index in [0.717, 1.165) is 23.5 Å². The van der Waals surface area contributed by atoms with E-state index in [1.165, 1.54) is 5.56 Å². The second-order valence-corrected chi connectivity index (χ2v) is 6.45. The van der Waals surface area contributed by atoms with E-state index in [1.807, 2.05) is 20.8 Å². The molecule has 1 aliphatic heterocycles. The van der Waals surface area contributed by atoms with Crippen molar-refractivity contribution in [3.8, 4) is 11.5 Å². The molecule has 0 spiro atoms. The van der Waals surface area contributed by atoms with Crippen LogP contribution in [0, 0.1) is 0 Å². The van der Waals surface area contributed by atoms with Crippen LogP contribution in [-0.4, -0.2) is 30.0 Å². The van der Waals surface area contributed by atoms with Crippen molar-refractivity contribution in [2.75, 3.05) is 13.2 Å². The van der Waals surface area contributed by atoms with Crippen LogP contribution in [-0.2, 0) is 6.42 Å². The molecule has 1 aliphatic rings. The van der Waals surface area contributed by atoms with E-state index in [9.17, 15) is 5.11 Å². The number of aliphatic hydroxyl groups is 1. The molecule has 2 unspecified atom stereocenters. The van der Waals surface area contributed by atoms with Crippen LogP contribution < -0.4 is 15.2 Å². The first-order valence-electron chi connectivity index (χ1n) is 7.72. The molecule has 0 aliphatic carbocycles. The molecule has 0 saturated carbocycles. The molecule has 0 fully saturated rings. The van der Waals surface area contributed by atoms with Crippen LogP contribution in [0.1, 0.15) is 51.2 Å². The molecule has 2 atom stereocenters. The van der Waals surface area contributed by atoms with Crippen molar-refractivity contribution in [2.45, 2.75) is 58.1 Å². The van der Waals surface area contributed by atoms with Gasteiger partial charge in [0, 0.05) is 35.6 Å². The number of aliphatic hydroxyl groups excluding tert-OH is 1. The summed E-state index contributed by atoms with van der Waals surface area (Å²) in [5, 5.41) is 9.39. The highest BCUT2D eigenvalue weighted by Gasteiger charge is 2.31. The van der Waals surface area contributed by atoms with Crippen LogP contribution >= 0.6 is 0 Å². The van der Waals surface area contributed by atoms with Crippen molar-refractivity contribution in [1.82, 2.24) is 0 Å². The van der Waals surface area contributed by atoms with Gasteiger partial charge in [0.25, 0.3) is 0 Å². The summed E-state index contributed by atoms with van der Waals surface area (Å²) in [6.45, 7) is 8.73. The molecule has 4 heteroatoms. The summed E-state index contributed by atoms with van der Waals surface area (Å²) in [7, 11) is 0. The number of benzene rings is 1. The summed E-state index contributed by atoms with van der Waals surface area (Å²) in [5.41, 5.74) is 8.11. The van der Waals surface area contributed by atoms with Crippen LogP contribution in [0.15, 0.2) is 12.1 Å². The molecular formula is C17H27NO3. The third kappa shape index (κ3) is 3.50. The lowest BCUT2D eigenvalue weighted by Gasteiger charge is -2.32. The van der Waals surface area contributed by atoms with Crippen molar-refractivity contribution >= 4 is 0 Å². The van der Waals surface area contributed by atoms with Crippen LogP contribution in [0.25, 0.3) is 0 Å². The molecule has 2 rings (SSSR count). The van der Waals surface area contributed by atoms with Crippen molar-refractivity contribution in [1.29, 1.82) is 0 Å². The van der Waals surface area contributed by atoms with Gasteiger partial charge in [0.2, 0.25) is 0 Å². The van der Waals surface area contributed by atoms with Crippen LogP contribution in [0.4, 0.5) is 0 Å². The summed E-state index contributed by atoms with van der Waals surface area (Å²) in [6.07, 6.45) is 1.72. The molecule has 0 radical (unpaired) electrons. The molecule has 3 N–H and O–H groups in total. The molecule has 21 heavy (non-hydrogen) atoms. The zero-order chi connectivity index (χ0) is 15.6. The molecule has 0 saturated heterocycles. The third-order valence-electron chi connectivity index (χ3n) is 4.02. The van der Waals surface area contributed by atoms with E-state index >= 15 is 0 Å². The maximum absolute atomic E-state index is 9.39. The Morgan fingerprint density at radius 3 is 2.76 bits per heavy atom. The highest BCUT2D eigenvalue weighted by atomic mass is 16.5. The van der Waals surface area contributed by atoms with Crippen molar-refractivity contribution in [3.63, 3.8) is 0 Å². The highest BCUT2D eigenvalue weighted by Crippen LogP contribution is 2.42. The Kier molecular flexibility index (Phi) is 4.79. The van der Waals surface area contributed by atoms with E-state index in [0.29, 0.717) is 13.0 Å². The first kappa shape index (κ1) is 16.1. The topological polar surface area (TPSA) is 64.7 Å². The average molecular weight is 293 g/mol. The lowest BCUT2D eigenvalue weighted by Crippen LogP contribution is -2.40. The highest BCUT2D eigenvalue weighted by molar-refractivity contribution is 5.50. The zero-order valence-corrected chi connectivity index (χ0v) is 13.5. The van der Waals surface area contributed by atoms with Gasteiger partial charge in [-0.25, -0.2) is 0 Å². The van der Waals surface area contributed by atoms with Gasteiger partial charge in [-0.3, -0.25) is 0 Å². The minimum absolute atomic E-state index is 0.0221. The predicted molar refractivity (Wildman–Crippen MR) is 84.1 cm³/mol. The molecule has 0 amide bonds. The molecule has 118 valence electrons. The molecule has 0 bridgehead atoms. The van der Waals surface area contributed by atoms with Gasteiger partial charge in [0.1, 0.15) is 17.6 Å². The number of hydrogen-bond donors (Lipinski definition) is 2. The standard InChI is InChI=1S/C17H27NO3/c1-5-20-16-9-12-8-11(2)21-15(12)10-13(16)14(6-7-19)17(3,4)18/h9-11,14,19H,5-8,18H2,1-4H3. The smallest absolute Gasteiger partial charge is 0.123 e. The number of hydrogen-bond acceptors (Lipinski definition) is 4. The summed E-state index contributed by atoms with van der Waals surface area (Å²) < 4.78 is 11.7. The van der Waals surface area contributed by atoms with Gasteiger partial charge in [0.15, 0.2) is 0 Å². The van der Waals surface area contributed by atoms with Crippen molar-refractivity contribution < 1.29 is 14.6 Å². The fraction of sp³-hybridized carbons (Fsp3) is 0.647. The average Bonchev–Trinajstić information content (AvgIpc) is 2.73. The normalized spacial score (nSPS) is 19.0. The van der Waals surface area contributed by atoms with Gasteiger partial charge in [-0.05, 0) is 46.2 Å².